The maximum atomic E-state index is 13.2. The van der Waals surface area contributed by atoms with Gasteiger partial charge in [0, 0.05) is 24.4 Å². The molecule has 0 saturated heterocycles. The largest absolute Gasteiger partial charge is 0.283 e. The van der Waals surface area contributed by atoms with Gasteiger partial charge in [0.15, 0.2) is 0 Å². The molecule has 0 fully saturated rings. The smallest absolute Gasteiger partial charge is 0.141 e. The van der Waals surface area contributed by atoms with Crippen molar-refractivity contribution in [1.29, 1.82) is 0 Å². The highest BCUT2D eigenvalue weighted by molar-refractivity contribution is 6.29. The lowest BCUT2D eigenvalue weighted by molar-refractivity contribution is 0.622. The lowest BCUT2D eigenvalue weighted by Crippen LogP contribution is -1.97. The van der Waals surface area contributed by atoms with Crippen molar-refractivity contribution < 1.29 is 4.39 Å². The maximum Gasteiger partial charge on any atom is 0.141 e. The molecule has 0 radical (unpaired) electrons. The Morgan fingerprint density at radius 3 is 2.59 bits per heavy atom. The van der Waals surface area contributed by atoms with Crippen LogP contribution in [-0.4, -0.2) is 29.3 Å². The van der Waals surface area contributed by atoms with E-state index in [1.807, 2.05) is 48.3 Å². The molecule has 1 aromatic carbocycles. The van der Waals surface area contributed by atoms with Gasteiger partial charge in [-0.15, -0.1) is 0 Å². The summed E-state index contributed by atoms with van der Waals surface area (Å²) in [5, 5.41) is 4.53. The van der Waals surface area contributed by atoms with E-state index in [0.717, 1.165) is 27.7 Å². The SMILES string of the molecule is Cn1cc(-c2ccc3c(c2)ncn3-c2cc(-c3ccc(F)cn3)cc(Cl)n2)cn1. The zero-order valence-electron chi connectivity index (χ0n) is 15.3. The van der Waals surface area contributed by atoms with Crippen LogP contribution >= 0.6 is 11.6 Å². The number of benzene rings is 1. The fraction of sp³-hybridized carbons (Fsp3) is 0.0476. The molecule has 0 spiro atoms. The van der Waals surface area contributed by atoms with Gasteiger partial charge in [-0.25, -0.2) is 14.4 Å². The quantitative estimate of drug-likeness (QED) is 0.410. The van der Waals surface area contributed by atoms with E-state index < -0.39 is 0 Å². The Balaban J connectivity index is 1.59. The Kier molecular flexibility index (Phi) is 4.10. The summed E-state index contributed by atoms with van der Waals surface area (Å²) < 4.78 is 16.8. The highest BCUT2D eigenvalue weighted by Gasteiger charge is 2.11. The summed E-state index contributed by atoms with van der Waals surface area (Å²) in [6, 6.07) is 12.5. The Bertz CT molecular complexity index is 1340. The third-order valence-electron chi connectivity index (χ3n) is 4.64. The molecule has 0 unspecified atom stereocenters. The minimum Gasteiger partial charge on any atom is -0.283 e. The Morgan fingerprint density at radius 1 is 0.931 bits per heavy atom. The highest BCUT2D eigenvalue weighted by Crippen LogP contribution is 2.27. The van der Waals surface area contributed by atoms with E-state index in [9.17, 15) is 4.39 Å². The number of aromatic nitrogens is 6. The first-order chi connectivity index (χ1) is 14.1. The topological polar surface area (TPSA) is 61.4 Å². The second-order valence-corrected chi connectivity index (χ2v) is 7.01. The number of aryl methyl sites for hydroxylation is 1. The van der Waals surface area contributed by atoms with Crippen LogP contribution in [0.4, 0.5) is 4.39 Å². The van der Waals surface area contributed by atoms with Crippen molar-refractivity contribution in [3.63, 3.8) is 0 Å². The average Bonchev–Trinajstić information content (AvgIpc) is 3.33. The number of hydrogen-bond acceptors (Lipinski definition) is 4. The Morgan fingerprint density at radius 2 is 1.83 bits per heavy atom. The van der Waals surface area contributed by atoms with E-state index in [-0.39, 0.29) is 5.82 Å². The summed E-state index contributed by atoms with van der Waals surface area (Å²) in [5.74, 6) is 0.217. The molecule has 8 heteroatoms. The van der Waals surface area contributed by atoms with Crippen LogP contribution in [0.25, 0.3) is 39.2 Å². The summed E-state index contributed by atoms with van der Waals surface area (Å²) >= 11 is 6.25. The van der Waals surface area contributed by atoms with Gasteiger partial charge < -0.3 is 0 Å². The molecule has 0 atom stereocenters. The second-order valence-electron chi connectivity index (χ2n) is 6.62. The number of rotatable bonds is 3. The third-order valence-corrected chi connectivity index (χ3v) is 4.83. The van der Waals surface area contributed by atoms with Gasteiger partial charge in [0.1, 0.15) is 23.1 Å². The zero-order valence-corrected chi connectivity index (χ0v) is 16.0. The third kappa shape index (κ3) is 3.25. The minimum absolute atomic E-state index is 0.317. The summed E-state index contributed by atoms with van der Waals surface area (Å²) in [4.78, 5) is 13.1. The van der Waals surface area contributed by atoms with Crippen LogP contribution < -0.4 is 0 Å². The van der Waals surface area contributed by atoms with E-state index >= 15 is 0 Å². The van der Waals surface area contributed by atoms with Crippen LogP contribution in [0, 0.1) is 5.82 Å². The average molecular weight is 405 g/mol. The van der Waals surface area contributed by atoms with Crippen LogP contribution in [0.1, 0.15) is 0 Å². The molecular formula is C21H14ClFN6. The molecule has 0 saturated carbocycles. The molecule has 0 aliphatic heterocycles. The first-order valence-electron chi connectivity index (χ1n) is 8.83. The maximum absolute atomic E-state index is 13.2. The summed E-state index contributed by atoms with van der Waals surface area (Å²) in [6.45, 7) is 0. The minimum atomic E-state index is -0.390. The molecular weight excluding hydrogens is 391 g/mol. The van der Waals surface area contributed by atoms with Crippen molar-refractivity contribution in [2.75, 3.05) is 0 Å². The van der Waals surface area contributed by atoms with Gasteiger partial charge in [-0.2, -0.15) is 5.10 Å². The van der Waals surface area contributed by atoms with Crippen molar-refractivity contribution in [3.8, 4) is 28.2 Å². The predicted molar refractivity (Wildman–Crippen MR) is 109 cm³/mol. The van der Waals surface area contributed by atoms with Crippen molar-refractivity contribution in [3.05, 3.63) is 78.4 Å². The monoisotopic (exact) mass is 404 g/mol. The van der Waals surface area contributed by atoms with Crippen LogP contribution in [0.3, 0.4) is 0 Å². The van der Waals surface area contributed by atoms with Crippen LogP contribution in [0.2, 0.25) is 5.15 Å². The summed E-state index contributed by atoms with van der Waals surface area (Å²) in [5.41, 5.74) is 5.13. The second kappa shape index (κ2) is 6.79. The van der Waals surface area contributed by atoms with Gasteiger partial charge in [-0.1, -0.05) is 17.7 Å². The van der Waals surface area contributed by atoms with Crippen LogP contribution in [0.15, 0.2) is 67.4 Å². The number of halogens is 2. The van der Waals surface area contributed by atoms with Crippen molar-refractivity contribution >= 4 is 22.6 Å². The highest BCUT2D eigenvalue weighted by atomic mass is 35.5. The number of imidazole rings is 1. The lowest BCUT2D eigenvalue weighted by atomic mass is 10.1. The van der Waals surface area contributed by atoms with E-state index in [2.05, 4.69) is 20.1 Å². The first-order valence-corrected chi connectivity index (χ1v) is 9.21. The van der Waals surface area contributed by atoms with E-state index in [1.54, 1.807) is 23.1 Å². The molecule has 0 aliphatic rings. The zero-order chi connectivity index (χ0) is 20.0. The first kappa shape index (κ1) is 17.5. The van der Waals surface area contributed by atoms with Gasteiger partial charge >= 0.3 is 0 Å². The van der Waals surface area contributed by atoms with Crippen molar-refractivity contribution in [2.24, 2.45) is 7.05 Å². The Hall–Kier alpha value is -3.58. The number of hydrogen-bond donors (Lipinski definition) is 0. The van der Waals surface area contributed by atoms with Crippen molar-refractivity contribution in [2.45, 2.75) is 0 Å². The van der Waals surface area contributed by atoms with E-state index in [0.29, 0.717) is 16.7 Å². The van der Waals surface area contributed by atoms with E-state index in [4.69, 9.17) is 11.6 Å². The van der Waals surface area contributed by atoms with Gasteiger partial charge in [0.25, 0.3) is 0 Å². The molecule has 0 aliphatic carbocycles. The Labute approximate surface area is 170 Å². The van der Waals surface area contributed by atoms with E-state index in [1.165, 1.54) is 12.3 Å². The molecule has 142 valence electrons. The summed E-state index contributed by atoms with van der Waals surface area (Å²) in [6.07, 6.45) is 6.66. The van der Waals surface area contributed by atoms with Gasteiger partial charge in [0.05, 0.1) is 29.1 Å². The molecule has 0 amide bonds. The van der Waals surface area contributed by atoms with Gasteiger partial charge in [0.2, 0.25) is 0 Å². The summed E-state index contributed by atoms with van der Waals surface area (Å²) in [7, 11) is 1.88. The predicted octanol–water partition coefficient (Wildman–Crippen LogP) is 4.68. The number of fused-ring (bicyclic) bond motifs is 1. The van der Waals surface area contributed by atoms with Gasteiger partial charge in [-0.3, -0.25) is 14.2 Å². The standard InChI is InChI=1S/C21H14ClFN6/c1-28-11-15(9-26-28)13-2-5-19-18(6-13)25-12-29(19)21-8-14(7-20(22)27-21)17-4-3-16(23)10-24-17/h2-12H,1H3. The molecule has 4 heterocycles. The van der Waals surface area contributed by atoms with Crippen LogP contribution in [0.5, 0.6) is 0 Å². The fourth-order valence-electron chi connectivity index (χ4n) is 3.25. The molecule has 4 aromatic heterocycles. The van der Waals surface area contributed by atoms with Gasteiger partial charge in [-0.05, 0) is 42.0 Å². The molecule has 5 rings (SSSR count). The molecule has 0 N–H and O–H groups in total. The molecule has 29 heavy (non-hydrogen) atoms. The fourth-order valence-corrected chi connectivity index (χ4v) is 3.45. The molecule has 6 nitrogen and oxygen atoms in total. The number of pyridine rings is 2. The molecule has 0 bridgehead atoms. The number of nitrogens with zero attached hydrogens (tertiary/aromatic N) is 6. The lowest BCUT2D eigenvalue weighted by Gasteiger charge is -2.08. The molecule has 5 aromatic rings. The normalized spacial score (nSPS) is 11.3. The van der Waals surface area contributed by atoms with Crippen molar-refractivity contribution in [1.82, 2.24) is 29.3 Å². The van der Waals surface area contributed by atoms with Crippen LogP contribution in [-0.2, 0) is 7.05 Å².